The van der Waals surface area contributed by atoms with Gasteiger partial charge in [0.1, 0.15) is 0 Å². The minimum atomic E-state index is 0.687. The van der Waals surface area contributed by atoms with E-state index in [2.05, 4.69) is 41.4 Å². The van der Waals surface area contributed by atoms with Gasteiger partial charge in [-0.15, -0.1) is 0 Å². The van der Waals surface area contributed by atoms with Gasteiger partial charge < -0.3 is 5.32 Å². The Hall–Kier alpha value is -0.860. The second-order valence-electron chi connectivity index (χ2n) is 6.37. The number of fused-ring (bicyclic) bond motifs is 1. The van der Waals surface area contributed by atoms with E-state index in [1.807, 2.05) is 0 Å². The summed E-state index contributed by atoms with van der Waals surface area (Å²) < 4.78 is 0. The molecule has 2 heteroatoms. The van der Waals surface area contributed by atoms with Crippen molar-refractivity contribution in [3.05, 3.63) is 35.4 Å². The van der Waals surface area contributed by atoms with Gasteiger partial charge in [0.25, 0.3) is 0 Å². The third-order valence-electron chi connectivity index (χ3n) is 4.99. The van der Waals surface area contributed by atoms with Crippen molar-refractivity contribution in [1.82, 2.24) is 10.2 Å². The molecular weight excluding hydrogens is 244 g/mol. The average molecular weight is 272 g/mol. The molecule has 0 aromatic heterocycles. The van der Waals surface area contributed by atoms with Gasteiger partial charge in [-0.1, -0.05) is 31.2 Å². The number of piperidine rings is 1. The fourth-order valence-corrected chi connectivity index (χ4v) is 3.87. The standard InChI is InChI=1S/C18H28N2/c1-2-12-19-16-10-13-20(14-11-16)18-9-5-7-15-6-3-4-8-17(15)18/h3-4,6,8,16,18-19H,2,5,7,9-14H2,1H3. The van der Waals surface area contributed by atoms with Gasteiger partial charge in [-0.2, -0.15) is 0 Å². The summed E-state index contributed by atoms with van der Waals surface area (Å²) in [5.74, 6) is 0. The zero-order chi connectivity index (χ0) is 13.8. The molecule has 1 aromatic rings. The number of likely N-dealkylation sites (tertiary alicyclic amines) is 1. The summed E-state index contributed by atoms with van der Waals surface area (Å²) in [5.41, 5.74) is 3.20. The van der Waals surface area contributed by atoms with Gasteiger partial charge in [-0.3, -0.25) is 4.90 Å². The summed E-state index contributed by atoms with van der Waals surface area (Å²) in [7, 11) is 0. The molecule has 1 N–H and O–H groups in total. The van der Waals surface area contributed by atoms with Crippen LogP contribution >= 0.6 is 0 Å². The minimum Gasteiger partial charge on any atom is -0.314 e. The topological polar surface area (TPSA) is 15.3 Å². The molecule has 1 fully saturated rings. The van der Waals surface area contributed by atoms with Crippen molar-refractivity contribution in [2.45, 2.75) is 57.5 Å². The van der Waals surface area contributed by atoms with Crippen LogP contribution in [0.25, 0.3) is 0 Å². The number of aryl methyl sites for hydroxylation is 1. The van der Waals surface area contributed by atoms with Crippen molar-refractivity contribution in [3.8, 4) is 0 Å². The Labute approximate surface area is 123 Å². The van der Waals surface area contributed by atoms with Gasteiger partial charge >= 0.3 is 0 Å². The zero-order valence-electron chi connectivity index (χ0n) is 12.8. The Balaban J connectivity index is 1.62. The van der Waals surface area contributed by atoms with Crippen molar-refractivity contribution in [3.63, 3.8) is 0 Å². The summed E-state index contributed by atoms with van der Waals surface area (Å²) >= 11 is 0. The summed E-state index contributed by atoms with van der Waals surface area (Å²) in [6.07, 6.45) is 7.87. The first-order valence-corrected chi connectivity index (χ1v) is 8.43. The first-order chi connectivity index (χ1) is 9.88. The van der Waals surface area contributed by atoms with Gasteiger partial charge in [0.05, 0.1) is 0 Å². The number of hydrogen-bond donors (Lipinski definition) is 1. The zero-order valence-corrected chi connectivity index (χ0v) is 12.8. The lowest BCUT2D eigenvalue weighted by Crippen LogP contribution is -2.44. The maximum Gasteiger partial charge on any atom is 0.0350 e. The normalized spacial score (nSPS) is 24.6. The molecule has 1 aromatic carbocycles. The second-order valence-corrected chi connectivity index (χ2v) is 6.37. The van der Waals surface area contributed by atoms with Crippen molar-refractivity contribution in [2.75, 3.05) is 19.6 Å². The fraction of sp³-hybridized carbons (Fsp3) is 0.667. The van der Waals surface area contributed by atoms with E-state index in [1.165, 1.54) is 58.2 Å². The molecule has 2 nitrogen and oxygen atoms in total. The maximum absolute atomic E-state index is 3.69. The van der Waals surface area contributed by atoms with Crippen LogP contribution in [0.1, 0.15) is 56.2 Å². The Kier molecular flexibility index (Phi) is 4.74. The number of nitrogens with one attached hydrogen (secondary N) is 1. The maximum atomic E-state index is 3.69. The van der Waals surface area contributed by atoms with Crippen molar-refractivity contribution >= 4 is 0 Å². The summed E-state index contributed by atoms with van der Waals surface area (Å²) in [4.78, 5) is 2.74. The van der Waals surface area contributed by atoms with Gasteiger partial charge in [-0.05, 0) is 56.2 Å². The van der Waals surface area contributed by atoms with Gasteiger partial charge in [0.2, 0.25) is 0 Å². The molecular formula is C18H28N2. The van der Waals surface area contributed by atoms with E-state index in [9.17, 15) is 0 Å². The molecule has 2 aliphatic rings. The monoisotopic (exact) mass is 272 g/mol. The highest BCUT2D eigenvalue weighted by Crippen LogP contribution is 2.35. The molecule has 3 rings (SSSR count). The van der Waals surface area contributed by atoms with E-state index < -0.39 is 0 Å². The van der Waals surface area contributed by atoms with E-state index in [1.54, 1.807) is 11.1 Å². The first-order valence-electron chi connectivity index (χ1n) is 8.43. The molecule has 1 atom stereocenters. The third-order valence-corrected chi connectivity index (χ3v) is 4.99. The highest BCUT2D eigenvalue weighted by molar-refractivity contribution is 5.32. The molecule has 0 saturated carbocycles. The van der Waals surface area contributed by atoms with Crippen LogP contribution in [0.3, 0.4) is 0 Å². The molecule has 0 radical (unpaired) electrons. The van der Waals surface area contributed by atoms with Crippen LogP contribution in [0.2, 0.25) is 0 Å². The third kappa shape index (κ3) is 3.07. The van der Waals surface area contributed by atoms with E-state index >= 15 is 0 Å². The number of rotatable bonds is 4. The minimum absolute atomic E-state index is 0.687. The lowest BCUT2D eigenvalue weighted by molar-refractivity contribution is 0.130. The van der Waals surface area contributed by atoms with E-state index in [4.69, 9.17) is 0 Å². The quantitative estimate of drug-likeness (QED) is 0.902. The molecule has 110 valence electrons. The molecule has 1 saturated heterocycles. The van der Waals surface area contributed by atoms with Crippen LogP contribution in [0.15, 0.2) is 24.3 Å². The Bertz CT molecular complexity index is 421. The van der Waals surface area contributed by atoms with Gasteiger partial charge in [0, 0.05) is 25.2 Å². The Morgan fingerprint density at radius 1 is 1.15 bits per heavy atom. The highest BCUT2D eigenvalue weighted by atomic mass is 15.2. The first kappa shape index (κ1) is 14.1. The molecule has 1 unspecified atom stereocenters. The molecule has 0 bridgehead atoms. The van der Waals surface area contributed by atoms with Crippen LogP contribution in [-0.2, 0) is 6.42 Å². The SMILES string of the molecule is CCCNC1CCN(C2CCCc3ccccc32)CC1. The molecule has 0 spiro atoms. The van der Waals surface area contributed by atoms with Crippen LogP contribution in [-0.4, -0.2) is 30.6 Å². The van der Waals surface area contributed by atoms with E-state index in [-0.39, 0.29) is 0 Å². The second kappa shape index (κ2) is 6.73. The van der Waals surface area contributed by atoms with E-state index in [0.29, 0.717) is 6.04 Å². The largest absolute Gasteiger partial charge is 0.314 e. The number of hydrogen-bond acceptors (Lipinski definition) is 2. The van der Waals surface area contributed by atoms with Gasteiger partial charge in [0.15, 0.2) is 0 Å². The summed E-state index contributed by atoms with van der Waals surface area (Å²) in [6, 6.07) is 10.5. The lowest BCUT2D eigenvalue weighted by atomic mass is 9.86. The van der Waals surface area contributed by atoms with Gasteiger partial charge in [-0.25, -0.2) is 0 Å². The van der Waals surface area contributed by atoms with Crippen molar-refractivity contribution < 1.29 is 0 Å². The Morgan fingerprint density at radius 3 is 2.75 bits per heavy atom. The van der Waals surface area contributed by atoms with Crippen LogP contribution in [0.4, 0.5) is 0 Å². The lowest BCUT2D eigenvalue weighted by Gasteiger charge is -2.40. The average Bonchev–Trinajstić information content (AvgIpc) is 2.53. The molecule has 1 aliphatic heterocycles. The van der Waals surface area contributed by atoms with Crippen molar-refractivity contribution in [1.29, 1.82) is 0 Å². The smallest absolute Gasteiger partial charge is 0.0350 e. The van der Waals surface area contributed by atoms with Crippen LogP contribution in [0.5, 0.6) is 0 Å². The van der Waals surface area contributed by atoms with Crippen LogP contribution in [0, 0.1) is 0 Å². The van der Waals surface area contributed by atoms with Crippen molar-refractivity contribution in [2.24, 2.45) is 0 Å². The predicted octanol–water partition coefficient (Wildman–Crippen LogP) is 3.53. The molecule has 1 heterocycles. The highest BCUT2D eigenvalue weighted by Gasteiger charge is 2.28. The Morgan fingerprint density at radius 2 is 1.95 bits per heavy atom. The summed E-state index contributed by atoms with van der Waals surface area (Å²) in [5, 5.41) is 3.69. The summed E-state index contributed by atoms with van der Waals surface area (Å²) in [6.45, 7) is 5.96. The van der Waals surface area contributed by atoms with Crippen LogP contribution < -0.4 is 5.32 Å². The molecule has 1 aliphatic carbocycles. The molecule has 0 amide bonds. The molecule has 20 heavy (non-hydrogen) atoms. The number of benzene rings is 1. The van der Waals surface area contributed by atoms with E-state index in [0.717, 1.165) is 6.04 Å². The predicted molar refractivity (Wildman–Crippen MR) is 85.0 cm³/mol. The fourth-order valence-electron chi connectivity index (χ4n) is 3.87. The number of nitrogens with zero attached hydrogens (tertiary/aromatic N) is 1.